The van der Waals surface area contributed by atoms with Gasteiger partial charge in [-0.3, -0.25) is 4.57 Å². The first-order valence-corrected chi connectivity index (χ1v) is 13.1. The van der Waals surface area contributed by atoms with Crippen LogP contribution in [0.5, 0.6) is 0 Å². The Bertz CT molecular complexity index is 1740. The lowest BCUT2D eigenvalue weighted by Gasteiger charge is -2.27. The molecule has 0 saturated heterocycles. The quantitative estimate of drug-likeness (QED) is 0.327. The van der Waals surface area contributed by atoms with E-state index >= 15 is 8.78 Å². The van der Waals surface area contributed by atoms with Crippen LogP contribution in [0.15, 0.2) is 49.1 Å². The van der Waals surface area contributed by atoms with E-state index in [4.69, 9.17) is 4.98 Å². The summed E-state index contributed by atoms with van der Waals surface area (Å²) in [6.07, 6.45) is 6.99. The van der Waals surface area contributed by atoms with Crippen LogP contribution in [0.25, 0.3) is 22.8 Å². The molecule has 4 aromatic heterocycles. The van der Waals surface area contributed by atoms with Gasteiger partial charge in [0.25, 0.3) is 0 Å². The molecule has 1 N–H and O–H groups in total. The molecule has 7 rings (SSSR count). The average Bonchev–Trinajstić information content (AvgIpc) is 3.68. The van der Waals surface area contributed by atoms with Crippen molar-refractivity contribution in [3.05, 3.63) is 77.6 Å². The van der Waals surface area contributed by atoms with Crippen LogP contribution in [0.1, 0.15) is 42.2 Å². The molecule has 0 bridgehead atoms. The fraction of sp³-hybridized carbons (Fsp3) is 0.333. The molecular weight excluding hydrogens is 553 g/mol. The number of alkyl halides is 2. The Morgan fingerprint density at radius 2 is 1.93 bits per heavy atom. The summed E-state index contributed by atoms with van der Waals surface area (Å²) in [6.45, 7) is 4.84. The maximum absolute atomic E-state index is 15.5. The highest BCUT2D eigenvalue weighted by Gasteiger charge is 2.44. The van der Waals surface area contributed by atoms with Gasteiger partial charge in [0.15, 0.2) is 5.82 Å². The molecule has 2 aliphatic rings. The SMILES string of the molecule is Cc1cnc(NC2CCc3ncnn3C2)nc1-c1cc2n(c1)C[C@H](C)n1c-2nnc1C(F)(F)c1ccccc1F.S. The fourth-order valence-corrected chi connectivity index (χ4v) is 5.62. The summed E-state index contributed by atoms with van der Waals surface area (Å²) < 4.78 is 50.7. The molecule has 2 aliphatic heterocycles. The standard InChI is InChI=1S/C27H25F3N10.H2S/c1-15-10-31-26(34-18-7-8-22-32-14-33-39(22)13-18)35-23(15)17-9-21-24-36-37-25(40(24)16(2)11-38(21)12-17)27(29,30)19-5-3-4-6-20(19)28;/h3-6,9-10,12,14,16,18H,7-8,11,13H2,1-2H3,(H,31,34,35);1H2/t16-,18?;/m0./s1. The van der Waals surface area contributed by atoms with E-state index in [1.165, 1.54) is 16.7 Å². The molecule has 1 aromatic carbocycles. The summed E-state index contributed by atoms with van der Waals surface area (Å²) >= 11 is 0. The summed E-state index contributed by atoms with van der Waals surface area (Å²) in [7, 11) is 0. The van der Waals surface area contributed by atoms with Gasteiger partial charge in [0, 0.05) is 37.0 Å². The molecule has 0 radical (unpaired) electrons. The Labute approximate surface area is 240 Å². The Balaban J connectivity index is 0.00000302. The van der Waals surface area contributed by atoms with Crippen LogP contribution in [0, 0.1) is 12.7 Å². The van der Waals surface area contributed by atoms with Crippen molar-refractivity contribution in [3.8, 4) is 22.8 Å². The minimum absolute atomic E-state index is 0. The van der Waals surface area contributed by atoms with Gasteiger partial charge in [0.1, 0.15) is 18.0 Å². The number of aromatic nitrogens is 9. The summed E-state index contributed by atoms with van der Waals surface area (Å²) in [5, 5.41) is 15.7. The molecule has 10 nitrogen and oxygen atoms in total. The van der Waals surface area contributed by atoms with Crippen LogP contribution in [0.3, 0.4) is 0 Å². The Morgan fingerprint density at radius 1 is 1.10 bits per heavy atom. The second kappa shape index (κ2) is 10.0. The van der Waals surface area contributed by atoms with Crippen molar-refractivity contribution in [2.45, 2.75) is 57.8 Å². The summed E-state index contributed by atoms with van der Waals surface area (Å²) in [6, 6.07) is 6.45. The predicted octanol–water partition coefficient (Wildman–Crippen LogP) is 4.50. The van der Waals surface area contributed by atoms with E-state index in [0.717, 1.165) is 47.6 Å². The molecule has 5 aromatic rings. The van der Waals surface area contributed by atoms with Crippen molar-refractivity contribution in [1.82, 2.24) is 44.1 Å². The highest BCUT2D eigenvalue weighted by molar-refractivity contribution is 7.59. The van der Waals surface area contributed by atoms with Gasteiger partial charge >= 0.3 is 5.92 Å². The van der Waals surface area contributed by atoms with E-state index in [-0.39, 0.29) is 25.6 Å². The second-order valence-electron chi connectivity index (χ2n) is 10.4. The lowest BCUT2D eigenvalue weighted by atomic mass is 10.1. The molecular formula is C27H27F3N10S. The lowest BCUT2D eigenvalue weighted by molar-refractivity contribution is 0.0231. The largest absolute Gasteiger partial charge is 0.350 e. The minimum atomic E-state index is -3.65. The zero-order chi connectivity index (χ0) is 27.6. The van der Waals surface area contributed by atoms with Gasteiger partial charge in [-0.05, 0) is 44.0 Å². The number of halogens is 3. The lowest BCUT2D eigenvalue weighted by Crippen LogP contribution is -2.32. The van der Waals surface area contributed by atoms with Gasteiger partial charge in [0.2, 0.25) is 11.8 Å². The average molecular weight is 581 g/mol. The van der Waals surface area contributed by atoms with Crippen LogP contribution in [0.4, 0.5) is 19.1 Å². The number of nitrogens with zero attached hydrogens (tertiary/aromatic N) is 9. The summed E-state index contributed by atoms with van der Waals surface area (Å²) in [5.74, 6) is -3.45. The number of rotatable bonds is 5. The van der Waals surface area contributed by atoms with Crippen molar-refractivity contribution >= 4 is 19.4 Å². The van der Waals surface area contributed by atoms with Crippen LogP contribution in [-0.2, 0) is 25.4 Å². The molecule has 41 heavy (non-hydrogen) atoms. The van der Waals surface area contributed by atoms with E-state index in [1.807, 2.05) is 35.4 Å². The Hall–Kier alpha value is -4.20. The zero-order valence-electron chi connectivity index (χ0n) is 22.3. The van der Waals surface area contributed by atoms with Crippen LogP contribution < -0.4 is 5.32 Å². The van der Waals surface area contributed by atoms with Gasteiger partial charge in [-0.1, -0.05) is 12.1 Å². The van der Waals surface area contributed by atoms with E-state index in [1.54, 1.807) is 12.5 Å². The summed E-state index contributed by atoms with van der Waals surface area (Å²) in [4.78, 5) is 13.6. The van der Waals surface area contributed by atoms with Crippen LogP contribution in [-0.4, -0.2) is 50.1 Å². The highest BCUT2D eigenvalue weighted by Crippen LogP contribution is 2.42. The molecule has 2 atom stereocenters. The van der Waals surface area contributed by atoms with E-state index in [0.29, 0.717) is 30.6 Å². The van der Waals surface area contributed by atoms with Gasteiger partial charge < -0.3 is 9.88 Å². The third kappa shape index (κ3) is 4.46. The molecule has 6 heterocycles. The molecule has 0 amide bonds. The van der Waals surface area contributed by atoms with Crippen molar-refractivity contribution < 1.29 is 13.2 Å². The fourth-order valence-electron chi connectivity index (χ4n) is 5.62. The monoisotopic (exact) mass is 580 g/mol. The van der Waals surface area contributed by atoms with Gasteiger partial charge in [-0.25, -0.2) is 24.0 Å². The first-order valence-electron chi connectivity index (χ1n) is 13.1. The molecule has 0 aliphatic carbocycles. The number of hydrogen-bond donors (Lipinski definition) is 1. The predicted molar refractivity (Wildman–Crippen MR) is 149 cm³/mol. The third-order valence-electron chi connectivity index (χ3n) is 7.60. The maximum Gasteiger partial charge on any atom is 0.334 e. The van der Waals surface area contributed by atoms with Gasteiger partial charge in [0.05, 0.1) is 29.5 Å². The first-order chi connectivity index (χ1) is 19.3. The second-order valence-corrected chi connectivity index (χ2v) is 10.4. The number of fused-ring (bicyclic) bond motifs is 4. The van der Waals surface area contributed by atoms with E-state index in [9.17, 15) is 4.39 Å². The topological polar surface area (TPSA) is 104 Å². The van der Waals surface area contributed by atoms with E-state index < -0.39 is 23.1 Å². The summed E-state index contributed by atoms with van der Waals surface area (Å²) in [5.41, 5.74) is 2.32. The molecule has 0 saturated carbocycles. The molecule has 0 spiro atoms. The number of anilines is 1. The maximum atomic E-state index is 15.5. The minimum Gasteiger partial charge on any atom is -0.350 e. The Kier molecular flexibility index (Phi) is 6.59. The Morgan fingerprint density at radius 3 is 2.76 bits per heavy atom. The number of nitrogens with one attached hydrogen (secondary N) is 1. The van der Waals surface area contributed by atoms with Crippen molar-refractivity contribution in [2.75, 3.05) is 5.32 Å². The molecule has 0 fully saturated rings. The smallest absolute Gasteiger partial charge is 0.334 e. The van der Waals surface area contributed by atoms with Gasteiger partial charge in [-0.15, -0.1) is 10.2 Å². The van der Waals surface area contributed by atoms with Crippen molar-refractivity contribution in [1.29, 1.82) is 0 Å². The van der Waals surface area contributed by atoms with Crippen molar-refractivity contribution in [2.24, 2.45) is 0 Å². The van der Waals surface area contributed by atoms with Crippen LogP contribution in [0.2, 0.25) is 0 Å². The number of aryl methyl sites for hydroxylation is 2. The third-order valence-corrected chi connectivity index (χ3v) is 7.60. The first kappa shape index (κ1) is 27.0. The normalized spacial score (nSPS) is 17.8. The molecule has 1 unspecified atom stereocenters. The molecule has 14 heteroatoms. The molecule has 212 valence electrons. The van der Waals surface area contributed by atoms with E-state index in [2.05, 4.69) is 30.6 Å². The highest BCUT2D eigenvalue weighted by atomic mass is 32.1. The van der Waals surface area contributed by atoms with Crippen LogP contribution >= 0.6 is 13.5 Å². The van der Waals surface area contributed by atoms with Gasteiger partial charge in [-0.2, -0.15) is 27.4 Å². The number of hydrogen-bond acceptors (Lipinski definition) is 7. The van der Waals surface area contributed by atoms with Crippen molar-refractivity contribution in [3.63, 3.8) is 0 Å². The number of benzene rings is 1. The zero-order valence-corrected chi connectivity index (χ0v) is 23.3.